The average molecular weight is 899 g/mol. The summed E-state index contributed by atoms with van der Waals surface area (Å²) in [6, 6.07) is 42.2. The van der Waals surface area contributed by atoms with Gasteiger partial charge in [-0.3, -0.25) is 0 Å². The fourth-order valence-corrected chi connectivity index (χ4v) is 10.8. The average Bonchev–Trinajstić information content (AvgIpc) is 3.27. The van der Waals surface area contributed by atoms with Crippen LogP contribution in [0.1, 0.15) is 101 Å². The molecule has 2 heterocycles. The summed E-state index contributed by atoms with van der Waals surface area (Å²) in [5, 5.41) is 0. The number of hydrogen-bond acceptors (Lipinski definition) is 6. The Morgan fingerprint density at radius 3 is 0.647 bits per heavy atom. The minimum Gasteiger partial charge on any atom is -0.457 e. The predicted molar refractivity (Wildman–Crippen MR) is 273 cm³/mol. The Hall–Kier alpha value is -7.44. The Morgan fingerprint density at radius 2 is 0.456 bits per heavy atom. The van der Waals surface area contributed by atoms with Gasteiger partial charge in [0, 0.05) is 58.4 Å². The maximum absolute atomic E-state index is 6.99. The highest BCUT2D eigenvalue weighted by Gasteiger charge is 2.41. The minimum absolute atomic E-state index is 0.217. The van der Waals surface area contributed by atoms with E-state index < -0.39 is 0 Å². The van der Waals surface area contributed by atoms with E-state index in [0.717, 1.165) is 89.8 Å². The second-order valence-electron chi connectivity index (χ2n) is 19.3. The third-order valence-electron chi connectivity index (χ3n) is 13.4. The molecule has 68 heavy (non-hydrogen) atoms. The second kappa shape index (κ2) is 17.3. The number of ether oxygens (including phenoxy) is 6. The van der Waals surface area contributed by atoms with Crippen molar-refractivity contribution < 1.29 is 28.4 Å². The lowest BCUT2D eigenvalue weighted by Crippen LogP contribution is -2.22. The monoisotopic (exact) mass is 898 g/mol. The normalized spacial score (nSPS) is 12.8. The molecule has 0 saturated heterocycles. The van der Waals surface area contributed by atoms with E-state index in [1.807, 2.05) is 24.3 Å². The molecule has 0 atom stereocenters. The van der Waals surface area contributed by atoms with Gasteiger partial charge in [0.25, 0.3) is 0 Å². The van der Waals surface area contributed by atoms with Gasteiger partial charge in [-0.2, -0.15) is 0 Å². The van der Waals surface area contributed by atoms with E-state index >= 15 is 0 Å². The van der Waals surface area contributed by atoms with Crippen LogP contribution in [0.5, 0.6) is 69.0 Å². The summed E-state index contributed by atoms with van der Waals surface area (Å²) in [5.74, 6) is 8.58. The van der Waals surface area contributed by atoms with Crippen molar-refractivity contribution in [3.8, 4) is 69.0 Å². The molecular formula is C62H58O6. The van der Waals surface area contributed by atoms with E-state index in [2.05, 4.69) is 180 Å². The van der Waals surface area contributed by atoms with Gasteiger partial charge in [0.2, 0.25) is 0 Å². The third kappa shape index (κ3) is 8.34. The first-order valence-corrected chi connectivity index (χ1v) is 23.5. The number of aryl methyl sites for hydroxylation is 12. The molecule has 8 aromatic rings. The van der Waals surface area contributed by atoms with Crippen LogP contribution in [-0.2, 0) is 0 Å². The Kier molecular flexibility index (Phi) is 11.3. The maximum Gasteiger partial charge on any atom is 0.135 e. The summed E-state index contributed by atoms with van der Waals surface area (Å²) in [6.45, 7) is 25.2. The molecule has 0 fully saturated rings. The van der Waals surface area contributed by atoms with Gasteiger partial charge in [0.15, 0.2) is 0 Å². The molecule has 0 aliphatic carbocycles. The summed E-state index contributed by atoms with van der Waals surface area (Å²) < 4.78 is 40.8. The van der Waals surface area contributed by atoms with Crippen molar-refractivity contribution in [3.63, 3.8) is 0 Å². The highest BCUT2D eigenvalue weighted by molar-refractivity contribution is 5.66. The van der Waals surface area contributed by atoms with Gasteiger partial charge >= 0.3 is 0 Å². The van der Waals surface area contributed by atoms with Crippen LogP contribution in [0.15, 0.2) is 121 Å². The maximum atomic E-state index is 6.99. The molecule has 0 saturated carbocycles. The Labute approximate surface area is 401 Å². The minimum atomic E-state index is -0.217. The van der Waals surface area contributed by atoms with Crippen LogP contribution in [0.25, 0.3) is 0 Å². The molecule has 6 heteroatoms. The molecule has 0 amide bonds. The highest BCUT2D eigenvalue weighted by Crippen LogP contribution is 2.59. The van der Waals surface area contributed by atoms with Crippen molar-refractivity contribution in [3.05, 3.63) is 210 Å². The molecule has 8 aromatic carbocycles. The van der Waals surface area contributed by atoms with Crippen LogP contribution >= 0.6 is 0 Å². The van der Waals surface area contributed by atoms with Crippen LogP contribution in [-0.4, -0.2) is 0 Å². The quantitative estimate of drug-likeness (QED) is 0.144. The summed E-state index contributed by atoms with van der Waals surface area (Å²) in [6.07, 6.45) is 0. The fraction of sp³-hybridized carbons (Fsp3) is 0.226. The summed E-state index contributed by atoms with van der Waals surface area (Å²) in [7, 11) is 0. The molecular weight excluding hydrogens is 841 g/mol. The SMILES string of the molecule is Cc1cc(C)c(Oc2ccc3c(c2)Oc2cc(Oc4c(C)cc(C)cc4C)ccc2C3C2c3ccc(Oc4c(C)cc(C)cc4C)cc3Oc3cc(Oc4c(C)cc(C)cc4C)ccc32)c(C)c1. The van der Waals surface area contributed by atoms with Gasteiger partial charge in [-0.15, -0.1) is 0 Å². The van der Waals surface area contributed by atoms with Gasteiger partial charge in [-0.25, -0.2) is 0 Å². The van der Waals surface area contributed by atoms with Crippen molar-refractivity contribution in [2.24, 2.45) is 0 Å². The molecule has 0 aromatic heterocycles. The van der Waals surface area contributed by atoms with Crippen LogP contribution in [0.4, 0.5) is 0 Å². The van der Waals surface area contributed by atoms with E-state index in [-0.39, 0.29) is 11.8 Å². The number of fused-ring (bicyclic) bond motifs is 4. The van der Waals surface area contributed by atoms with Gasteiger partial charge in [-0.05, 0) is 152 Å². The lowest BCUT2D eigenvalue weighted by Gasteiger charge is -2.38. The molecule has 10 rings (SSSR count). The van der Waals surface area contributed by atoms with Crippen molar-refractivity contribution in [2.45, 2.75) is 94.9 Å². The topological polar surface area (TPSA) is 55.4 Å². The lowest BCUT2D eigenvalue weighted by molar-refractivity contribution is 0.400. The fourth-order valence-electron chi connectivity index (χ4n) is 10.8. The number of hydrogen-bond donors (Lipinski definition) is 0. The Balaban J connectivity index is 1.13. The smallest absolute Gasteiger partial charge is 0.135 e. The number of benzene rings is 8. The zero-order valence-corrected chi connectivity index (χ0v) is 41.2. The largest absolute Gasteiger partial charge is 0.457 e. The van der Waals surface area contributed by atoms with Crippen molar-refractivity contribution in [1.29, 1.82) is 0 Å². The highest BCUT2D eigenvalue weighted by atomic mass is 16.5. The Bertz CT molecular complexity index is 2810. The van der Waals surface area contributed by atoms with Crippen molar-refractivity contribution in [1.82, 2.24) is 0 Å². The Morgan fingerprint density at radius 1 is 0.265 bits per heavy atom. The van der Waals surface area contributed by atoms with Gasteiger partial charge in [0.05, 0.1) is 0 Å². The molecule has 0 radical (unpaired) electrons. The van der Waals surface area contributed by atoms with E-state index in [1.165, 1.54) is 22.3 Å². The first kappa shape index (κ1) is 44.4. The van der Waals surface area contributed by atoms with Crippen LogP contribution in [0.2, 0.25) is 0 Å². The lowest BCUT2D eigenvalue weighted by atomic mass is 9.71. The summed E-state index contributed by atoms with van der Waals surface area (Å²) in [4.78, 5) is 0. The molecule has 2 aliphatic rings. The molecule has 0 N–H and O–H groups in total. The molecule has 0 bridgehead atoms. The number of rotatable bonds is 9. The van der Waals surface area contributed by atoms with E-state index in [1.54, 1.807) is 0 Å². The van der Waals surface area contributed by atoms with E-state index in [9.17, 15) is 0 Å². The molecule has 342 valence electrons. The molecule has 0 spiro atoms. The van der Waals surface area contributed by atoms with E-state index in [0.29, 0.717) is 46.0 Å². The zero-order valence-electron chi connectivity index (χ0n) is 41.2. The van der Waals surface area contributed by atoms with Crippen LogP contribution < -0.4 is 28.4 Å². The summed E-state index contributed by atoms with van der Waals surface area (Å²) in [5.41, 5.74) is 17.5. The first-order valence-electron chi connectivity index (χ1n) is 23.5. The van der Waals surface area contributed by atoms with Crippen molar-refractivity contribution in [2.75, 3.05) is 0 Å². The third-order valence-corrected chi connectivity index (χ3v) is 13.4. The summed E-state index contributed by atoms with van der Waals surface area (Å²) >= 11 is 0. The van der Waals surface area contributed by atoms with Crippen LogP contribution in [0, 0.1) is 83.1 Å². The predicted octanol–water partition coefficient (Wildman–Crippen LogP) is 17.7. The zero-order chi connectivity index (χ0) is 47.7. The van der Waals surface area contributed by atoms with Gasteiger partial charge in [-0.1, -0.05) is 95.1 Å². The van der Waals surface area contributed by atoms with E-state index in [4.69, 9.17) is 28.4 Å². The molecule has 0 unspecified atom stereocenters. The van der Waals surface area contributed by atoms with Gasteiger partial charge < -0.3 is 28.4 Å². The van der Waals surface area contributed by atoms with Crippen LogP contribution in [0.3, 0.4) is 0 Å². The standard InChI is InChI=1S/C62H58O6/c1-33-21-37(5)59(38(6)22-33)63-45-13-17-49-53(29-45)67-54-30-46(64-60-39(7)23-34(2)24-40(60)8)14-18-50(54)57(49)58-51-19-15-47(65-61-41(9)25-35(3)26-42(61)10)31-55(51)68-56-32-48(16-20-52(56)58)66-62-43(11)27-36(4)28-44(62)12/h13-32,57-58H,1-12H3. The first-order chi connectivity index (χ1) is 32.6. The molecule has 2 aliphatic heterocycles. The van der Waals surface area contributed by atoms with Crippen molar-refractivity contribution >= 4 is 0 Å². The molecule has 6 nitrogen and oxygen atoms in total. The van der Waals surface area contributed by atoms with Gasteiger partial charge in [0.1, 0.15) is 69.0 Å². The second-order valence-corrected chi connectivity index (χ2v) is 19.3.